The van der Waals surface area contributed by atoms with E-state index in [9.17, 15) is 9.59 Å². The second kappa shape index (κ2) is 13.0. The summed E-state index contributed by atoms with van der Waals surface area (Å²) in [6, 6.07) is 25.2. The van der Waals surface area contributed by atoms with Crippen molar-refractivity contribution in [3.63, 3.8) is 0 Å². The molecule has 1 aliphatic heterocycles. The molecule has 1 fully saturated rings. The van der Waals surface area contributed by atoms with Gasteiger partial charge in [-0.2, -0.15) is 0 Å². The van der Waals surface area contributed by atoms with E-state index in [1.165, 1.54) is 4.90 Å². The molecule has 0 saturated carbocycles. The normalized spacial score (nSPS) is 14.3. The van der Waals surface area contributed by atoms with Crippen LogP contribution in [0.3, 0.4) is 0 Å². The lowest BCUT2D eigenvalue weighted by atomic mass is 10.1. The van der Waals surface area contributed by atoms with Crippen molar-refractivity contribution in [3.05, 3.63) is 103 Å². The largest absolute Gasteiger partial charge is 0.490 e. The van der Waals surface area contributed by atoms with Crippen LogP contribution in [0.5, 0.6) is 17.2 Å². The number of amides is 2. The molecule has 204 valence electrons. The molecule has 4 aromatic rings. The Kier molecular flexibility index (Phi) is 9.18. The van der Waals surface area contributed by atoms with E-state index in [0.29, 0.717) is 40.4 Å². The number of nitrogens with zero attached hydrogens (tertiary/aromatic N) is 1. The van der Waals surface area contributed by atoms with Gasteiger partial charge in [-0.3, -0.25) is 14.5 Å². The number of carbonyl (C=O) groups excluding carboxylic acids is 2. The first kappa shape index (κ1) is 28.3. The maximum Gasteiger partial charge on any atom is 0.293 e. The Morgan fingerprint density at radius 2 is 1.70 bits per heavy atom. The lowest BCUT2D eigenvalue weighted by Crippen LogP contribution is -2.32. The predicted molar refractivity (Wildman–Crippen MR) is 168 cm³/mol. The summed E-state index contributed by atoms with van der Waals surface area (Å²) < 4.78 is 18.7. The third kappa shape index (κ3) is 6.40. The standard InChI is InChI=1S/C31H25ClINO5S/c1-2-37-27-17-20(16-25(33)29(27)39-19-22-10-7-9-21-8-3-4-11-23(21)22)18-28-30(35)34(31(36)40-28)14-15-38-26-13-6-5-12-24(26)32/h3-13,16-18H,2,14-15,19H2,1H3/b28-18-. The Hall–Kier alpha value is -3.21. The van der Waals surface area contributed by atoms with Gasteiger partial charge >= 0.3 is 0 Å². The third-order valence-corrected chi connectivity index (χ3v) is 8.19. The van der Waals surface area contributed by atoms with Crippen molar-refractivity contribution in [1.29, 1.82) is 0 Å². The summed E-state index contributed by atoms with van der Waals surface area (Å²) in [6.07, 6.45) is 1.71. The van der Waals surface area contributed by atoms with Gasteiger partial charge in [0, 0.05) is 0 Å². The summed E-state index contributed by atoms with van der Waals surface area (Å²) in [5.74, 6) is 1.36. The number of halogens is 2. The highest BCUT2D eigenvalue weighted by Gasteiger charge is 2.35. The molecule has 5 rings (SSSR count). The van der Waals surface area contributed by atoms with Gasteiger partial charge in [0.25, 0.3) is 11.1 Å². The molecule has 2 amide bonds. The highest BCUT2D eigenvalue weighted by atomic mass is 127. The van der Waals surface area contributed by atoms with Crippen molar-refractivity contribution < 1.29 is 23.8 Å². The van der Waals surface area contributed by atoms with E-state index < -0.39 is 0 Å². The molecule has 6 nitrogen and oxygen atoms in total. The molecule has 0 unspecified atom stereocenters. The van der Waals surface area contributed by atoms with Gasteiger partial charge < -0.3 is 14.2 Å². The van der Waals surface area contributed by atoms with Crippen LogP contribution in [-0.2, 0) is 11.4 Å². The maximum atomic E-state index is 13.0. The van der Waals surface area contributed by atoms with Crippen LogP contribution >= 0.6 is 46.0 Å². The van der Waals surface area contributed by atoms with Gasteiger partial charge in [-0.1, -0.05) is 66.2 Å². The van der Waals surface area contributed by atoms with Crippen LogP contribution in [0, 0.1) is 3.57 Å². The number of fused-ring (bicyclic) bond motifs is 1. The first-order chi connectivity index (χ1) is 19.4. The van der Waals surface area contributed by atoms with Gasteiger partial charge in [0.05, 0.1) is 26.6 Å². The molecule has 40 heavy (non-hydrogen) atoms. The molecule has 0 N–H and O–H groups in total. The molecule has 1 heterocycles. The second-order valence-electron chi connectivity index (χ2n) is 8.80. The minimum absolute atomic E-state index is 0.121. The highest BCUT2D eigenvalue weighted by molar-refractivity contribution is 14.1. The van der Waals surface area contributed by atoms with Crippen molar-refractivity contribution >= 4 is 73.9 Å². The zero-order valence-corrected chi connectivity index (χ0v) is 25.3. The fraction of sp³-hybridized carbons (Fsp3) is 0.161. The van der Waals surface area contributed by atoms with Crippen molar-refractivity contribution in [1.82, 2.24) is 4.90 Å². The van der Waals surface area contributed by atoms with Crippen LogP contribution in [-0.4, -0.2) is 35.8 Å². The summed E-state index contributed by atoms with van der Waals surface area (Å²) in [5.41, 5.74) is 1.82. The van der Waals surface area contributed by atoms with E-state index in [4.69, 9.17) is 25.8 Å². The molecule has 1 saturated heterocycles. The minimum atomic E-state index is -0.359. The van der Waals surface area contributed by atoms with Crippen molar-refractivity contribution in [2.24, 2.45) is 0 Å². The Morgan fingerprint density at radius 3 is 2.52 bits per heavy atom. The minimum Gasteiger partial charge on any atom is -0.490 e. The lowest BCUT2D eigenvalue weighted by Gasteiger charge is -2.16. The number of ether oxygens (including phenoxy) is 3. The van der Waals surface area contributed by atoms with E-state index in [1.54, 1.807) is 24.3 Å². The molecule has 1 aliphatic rings. The first-order valence-electron chi connectivity index (χ1n) is 12.6. The van der Waals surface area contributed by atoms with Gasteiger partial charge in [-0.05, 0) is 93.5 Å². The molecular weight excluding hydrogens is 661 g/mol. The topological polar surface area (TPSA) is 65.1 Å². The van der Waals surface area contributed by atoms with Crippen molar-refractivity contribution in [2.75, 3.05) is 19.8 Å². The number of rotatable bonds is 10. The van der Waals surface area contributed by atoms with E-state index in [2.05, 4.69) is 46.9 Å². The third-order valence-electron chi connectivity index (χ3n) is 6.16. The van der Waals surface area contributed by atoms with E-state index in [1.807, 2.05) is 43.3 Å². The Bertz CT molecular complexity index is 1600. The summed E-state index contributed by atoms with van der Waals surface area (Å²) in [6.45, 7) is 3.00. The molecule has 0 aromatic heterocycles. The molecule has 0 aliphatic carbocycles. The first-order valence-corrected chi connectivity index (χ1v) is 14.9. The average Bonchev–Trinajstić information content (AvgIpc) is 3.21. The number of benzene rings is 4. The van der Waals surface area contributed by atoms with Crippen LogP contribution < -0.4 is 14.2 Å². The van der Waals surface area contributed by atoms with Gasteiger partial charge in [0.1, 0.15) is 19.0 Å². The lowest BCUT2D eigenvalue weighted by molar-refractivity contribution is -0.123. The Morgan fingerprint density at radius 1 is 0.925 bits per heavy atom. The zero-order chi connectivity index (χ0) is 28.1. The average molecular weight is 686 g/mol. The van der Waals surface area contributed by atoms with E-state index in [0.717, 1.165) is 37.2 Å². The van der Waals surface area contributed by atoms with Crippen LogP contribution in [0.25, 0.3) is 16.8 Å². The van der Waals surface area contributed by atoms with Gasteiger partial charge in [-0.25, -0.2) is 0 Å². The van der Waals surface area contributed by atoms with Crippen molar-refractivity contribution in [3.8, 4) is 17.2 Å². The summed E-state index contributed by atoms with van der Waals surface area (Å²) in [4.78, 5) is 27.2. The Labute approximate surface area is 255 Å². The van der Waals surface area contributed by atoms with Gasteiger partial charge in [0.2, 0.25) is 0 Å². The Balaban J connectivity index is 1.31. The quantitative estimate of drug-likeness (QED) is 0.124. The van der Waals surface area contributed by atoms with Crippen LogP contribution in [0.4, 0.5) is 4.79 Å². The molecule has 4 aromatic carbocycles. The zero-order valence-electron chi connectivity index (χ0n) is 21.6. The molecule has 9 heteroatoms. The van der Waals surface area contributed by atoms with Gasteiger partial charge in [-0.15, -0.1) is 0 Å². The van der Waals surface area contributed by atoms with E-state index >= 15 is 0 Å². The second-order valence-corrected chi connectivity index (χ2v) is 11.4. The number of hydrogen-bond acceptors (Lipinski definition) is 6. The highest BCUT2D eigenvalue weighted by Crippen LogP contribution is 2.38. The van der Waals surface area contributed by atoms with E-state index in [-0.39, 0.29) is 24.3 Å². The number of carbonyl (C=O) groups is 2. The van der Waals surface area contributed by atoms with Crippen LogP contribution in [0.2, 0.25) is 5.02 Å². The molecule has 0 bridgehead atoms. The maximum absolute atomic E-state index is 13.0. The van der Waals surface area contributed by atoms with Crippen LogP contribution in [0.15, 0.2) is 83.8 Å². The summed E-state index contributed by atoms with van der Waals surface area (Å²) in [5, 5.41) is 2.43. The fourth-order valence-electron chi connectivity index (χ4n) is 4.30. The molecule has 0 atom stereocenters. The SMILES string of the molecule is CCOc1cc(/C=C2\SC(=O)N(CCOc3ccccc3Cl)C2=O)cc(I)c1OCc1cccc2ccccc12. The van der Waals surface area contributed by atoms with Crippen LogP contribution in [0.1, 0.15) is 18.1 Å². The number of thioether (sulfide) groups is 1. The molecular formula is C31H25ClINO5S. The summed E-state index contributed by atoms with van der Waals surface area (Å²) in [7, 11) is 0. The smallest absolute Gasteiger partial charge is 0.293 e. The number of para-hydroxylation sites is 1. The predicted octanol–water partition coefficient (Wildman–Crippen LogP) is 8.19. The number of imide groups is 1. The van der Waals surface area contributed by atoms with Gasteiger partial charge in [0.15, 0.2) is 11.5 Å². The number of hydrogen-bond donors (Lipinski definition) is 0. The molecule has 0 radical (unpaired) electrons. The fourth-order valence-corrected chi connectivity index (χ4v) is 6.13. The monoisotopic (exact) mass is 685 g/mol. The van der Waals surface area contributed by atoms with Crippen molar-refractivity contribution in [2.45, 2.75) is 13.5 Å². The summed E-state index contributed by atoms with van der Waals surface area (Å²) >= 11 is 9.23. The molecule has 0 spiro atoms.